The molecule has 0 aliphatic carbocycles. The van der Waals surface area contributed by atoms with Gasteiger partial charge in [0.05, 0.1) is 0 Å². The normalized spacial score (nSPS) is 11.6. The van der Waals surface area contributed by atoms with Gasteiger partial charge in [-0.15, -0.1) is 23.5 Å². The van der Waals surface area contributed by atoms with Gasteiger partial charge in [0.15, 0.2) is 0 Å². The Morgan fingerprint density at radius 2 is 0.462 bits per heavy atom. The van der Waals surface area contributed by atoms with Crippen LogP contribution < -0.4 is 0 Å². The van der Waals surface area contributed by atoms with E-state index in [-0.39, 0.29) is 0 Å². The number of rotatable bonds is 44. The lowest BCUT2D eigenvalue weighted by atomic mass is 10.0. The molecule has 0 radical (unpaired) electrons. The molecule has 1 aromatic carbocycles. The molecule has 0 saturated carbocycles. The molecule has 0 amide bonds. The third kappa shape index (κ3) is 38.2. The van der Waals surface area contributed by atoms with Crippen molar-refractivity contribution in [1.82, 2.24) is 0 Å². The molecule has 0 atom stereocenters. The summed E-state index contributed by atoms with van der Waals surface area (Å²) in [6.07, 6.45) is 58.3. The summed E-state index contributed by atoms with van der Waals surface area (Å²) < 4.78 is 0. The van der Waals surface area contributed by atoms with Gasteiger partial charge in [0.25, 0.3) is 0 Å². The lowest BCUT2D eigenvalue weighted by Crippen LogP contribution is -1.86. The first-order valence-corrected chi connectivity index (χ1v) is 26.2. The largest absolute Gasteiger partial charge is 0.126 e. The maximum Gasteiger partial charge on any atom is 0.00830 e. The SMILES string of the molecule is CCCCCCCCCCCCCCCCCCCCCCSc1cccc(SCCCCCCCCCCCCCCCCCCCCCC)c1. The van der Waals surface area contributed by atoms with Crippen molar-refractivity contribution in [3.63, 3.8) is 0 Å². The van der Waals surface area contributed by atoms with Crippen molar-refractivity contribution in [2.45, 2.75) is 280 Å². The molecule has 0 spiro atoms. The van der Waals surface area contributed by atoms with Gasteiger partial charge in [0.1, 0.15) is 0 Å². The summed E-state index contributed by atoms with van der Waals surface area (Å²) in [7, 11) is 0. The van der Waals surface area contributed by atoms with Crippen LogP contribution in [0.25, 0.3) is 0 Å². The van der Waals surface area contributed by atoms with Crippen molar-refractivity contribution in [3.8, 4) is 0 Å². The van der Waals surface area contributed by atoms with E-state index in [1.54, 1.807) is 0 Å². The molecule has 0 nitrogen and oxygen atoms in total. The number of thioether (sulfide) groups is 2. The van der Waals surface area contributed by atoms with E-state index in [1.807, 2.05) is 0 Å². The maximum absolute atomic E-state index is 2.45. The fourth-order valence-electron chi connectivity index (χ4n) is 7.75. The van der Waals surface area contributed by atoms with Crippen LogP contribution in [0.5, 0.6) is 0 Å². The van der Waals surface area contributed by atoms with Crippen LogP contribution >= 0.6 is 23.5 Å². The number of unbranched alkanes of at least 4 members (excludes halogenated alkanes) is 38. The summed E-state index contributed by atoms with van der Waals surface area (Å²) >= 11 is 4.16. The molecular weight excluding hydrogens is 665 g/mol. The second kappa shape index (κ2) is 43.6. The Labute approximate surface area is 338 Å². The Kier molecular flexibility index (Phi) is 41.9. The van der Waals surface area contributed by atoms with Gasteiger partial charge in [-0.25, -0.2) is 0 Å². The second-order valence-electron chi connectivity index (χ2n) is 16.6. The minimum atomic E-state index is 1.28. The molecule has 0 fully saturated rings. The molecule has 52 heavy (non-hydrogen) atoms. The van der Waals surface area contributed by atoms with Crippen molar-refractivity contribution >= 4 is 23.5 Å². The van der Waals surface area contributed by atoms with Gasteiger partial charge in [-0.2, -0.15) is 0 Å². The highest BCUT2D eigenvalue weighted by molar-refractivity contribution is 8.00. The van der Waals surface area contributed by atoms with E-state index in [1.165, 1.54) is 278 Å². The minimum absolute atomic E-state index is 1.28. The van der Waals surface area contributed by atoms with Crippen molar-refractivity contribution in [1.29, 1.82) is 0 Å². The molecule has 1 rings (SSSR count). The summed E-state index contributed by atoms with van der Waals surface area (Å²) in [6.45, 7) is 4.62. The number of hydrogen-bond donors (Lipinski definition) is 0. The molecule has 306 valence electrons. The molecule has 2 heteroatoms. The average molecular weight is 759 g/mol. The maximum atomic E-state index is 2.45. The number of benzene rings is 1. The summed E-state index contributed by atoms with van der Waals surface area (Å²) in [5.41, 5.74) is 0. The molecule has 0 saturated heterocycles. The lowest BCUT2D eigenvalue weighted by molar-refractivity contribution is 0.523. The highest BCUT2D eigenvalue weighted by Crippen LogP contribution is 2.27. The summed E-state index contributed by atoms with van der Waals surface area (Å²) in [4.78, 5) is 2.96. The fraction of sp³-hybridized carbons (Fsp3) is 0.880. The van der Waals surface area contributed by atoms with Crippen LogP contribution in [0.2, 0.25) is 0 Å². The van der Waals surface area contributed by atoms with Crippen molar-refractivity contribution < 1.29 is 0 Å². The van der Waals surface area contributed by atoms with Crippen molar-refractivity contribution in [2.24, 2.45) is 0 Å². The summed E-state index contributed by atoms with van der Waals surface area (Å²) in [5.74, 6) is 2.57. The average Bonchev–Trinajstić information content (AvgIpc) is 3.16. The molecule has 0 bridgehead atoms. The quantitative estimate of drug-likeness (QED) is 0.0480. The van der Waals surface area contributed by atoms with Gasteiger partial charge in [-0.1, -0.05) is 264 Å². The Morgan fingerprint density at radius 1 is 0.269 bits per heavy atom. The van der Waals surface area contributed by atoms with Gasteiger partial charge in [-0.05, 0) is 42.5 Å². The Bertz CT molecular complexity index is 729. The van der Waals surface area contributed by atoms with Crippen molar-refractivity contribution in [3.05, 3.63) is 24.3 Å². The Morgan fingerprint density at radius 3 is 0.673 bits per heavy atom. The van der Waals surface area contributed by atoms with Crippen LogP contribution in [0.3, 0.4) is 0 Å². The molecular formula is C50H94S2. The zero-order valence-electron chi connectivity index (χ0n) is 35.8. The standard InChI is InChI=1S/C50H94S2/c1-3-5-7-9-11-13-15-17-19-21-23-25-27-29-31-33-35-37-39-41-46-51-49-44-43-45-50(48-49)52-47-42-40-38-36-34-32-30-28-26-24-22-20-18-16-14-12-10-8-6-4-2/h43-45,48H,3-42,46-47H2,1-2H3. The first kappa shape index (κ1) is 49.9. The third-order valence-corrected chi connectivity index (χ3v) is 13.5. The predicted molar refractivity (Wildman–Crippen MR) is 244 cm³/mol. The topological polar surface area (TPSA) is 0 Å². The Balaban J connectivity index is 1.79. The predicted octanol–water partition coefficient (Wildman–Crippen LogP) is 19.5. The fourth-order valence-corrected chi connectivity index (χ4v) is 9.76. The Hall–Kier alpha value is -0.0800. The van der Waals surface area contributed by atoms with Crippen LogP contribution in [0.15, 0.2) is 34.1 Å². The van der Waals surface area contributed by atoms with Gasteiger partial charge >= 0.3 is 0 Å². The van der Waals surface area contributed by atoms with E-state index in [0.29, 0.717) is 0 Å². The van der Waals surface area contributed by atoms with E-state index >= 15 is 0 Å². The van der Waals surface area contributed by atoms with Gasteiger partial charge in [0.2, 0.25) is 0 Å². The van der Waals surface area contributed by atoms with Gasteiger partial charge < -0.3 is 0 Å². The zero-order chi connectivity index (χ0) is 37.1. The molecule has 0 unspecified atom stereocenters. The van der Waals surface area contributed by atoms with E-state index in [9.17, 15) is 0 Å². The van der Waals surface area contributed by atoms with Gasteiger partial charge in [0, 0.05) is 9.79 Å². The van der Waals surface area contributed by atoms with Crippen LogP contribution in [-0.4, -0.2) is 11.5 Å². The summed E-state index contributed by atoms with van der Waals surface area (Å²) in [5, 5.41) is 0. The monoisotopic (exact) mass is 759 g/mol. The number of hydrogen-bond acceptors (Lipinski definition) is 2. The highest BCUT2D eigenvalue weighted by Gasteiger charge is 2.01. The second-order valence-corrected chi connectivity index (χ2v) is 18.9. The van der Waals surface area contributed by atoms with E-state index in [2.05, 4.69) is 61.6 Å². The highest BCUT2D eigenvalue weighted by atomic mass is 32.2. The van der Waals surface area contributed by atoms with Crippen LogP contribution in [-0.2, 0) is 0 Å². The van der Waals surface area contributed by atoms with E-state index in [0.717, 1.165) is 0 Å². The zero-order valence-corrected chi connectivity index (χ0v) is 37.5. The van der Waals surface area contributed by atoms with E-state index < -0.39 is 0 Å². The first-order chi connectivity index (χ1) is 25.9. The smallest absolute Gasteiger partial charge is 0.00830 e. The van der Waals surface area contributed by atoms with Crippen LogP contribution in [0.4, 0.5) is 0 Å². The van der Waals surface area contributed by atoms with Crippen LogP contribution in [0.1, 0.15) is 271 Å². The molecule has 0 N–H and O–H groups in total. The van der Waals surface area contributed by atoms with Crippen LogP contribution in [0, 0.1) is 0 Å². The first-order valence-electron chi connectivity index (χ1n) is 24.2. The molecule has 0 aromatic heterocycles. The minimum Gasteiger partial charge on any atom is -0.126 e. The molecule has 1 aromatic rings. The lowest BCUT2D eigenvalue weighted by Gasteiger charge is -2.06. The molecule has 0 aliphatic heterocycles. The third-order valence-electron chi connectivity index (χ3n) is 11.3. The van der Waals surface area contributed by atoms with E-state index in [4.69, 9.17) is 0 Å². The molecule has 0 aliphatic rings. The van der Waals surface area contributed by atoms with Crippen molar-refractivity contribution in [2.75, 3.05) is 11.5 Å². The van der Waals surface area contributed by atoms with Gasteiger partial charge in [-0.3, -0.25) is 0 Å². The molecule has 0 heterocycles. The summed E-state index contributed by atoms with van der Waals surface area (Å²) in [6, 6.07) is 9.37.